The molecule has 1 fully saturated rings. The normalized spacial score (nSPS) is 18.0. The predicted molar refractivity (Wildman–Crippen MR) is 116 cm³/mol. The lowest BCUT2D eigenvalue weighted by Crippen LogP contribution is -2.30. The van der Waals surface area contributed by atoms with Gasteiger partial charge in [0, 0.05) is 6.07 Å². The number of hydrogen-bond acceptors (Lipinski definition) is 4. The molecule has 1 N–H and O–H groups in total. The van der Waals surface area contributed by atoms with Gasteiger partial charge in [-0.3, -0.25) is 0 Å². The Kier molecular flexibility index (Phi) is 9.44. The van der Waals surface area contributed by atoms with Crippen molar-refractivity contribution in [2.75, 3.05) is 26.5 Å². The second-order valence-electron chi connectivity index (χ2n) is 6.50. The zero-order chi connectivity index (χ0) is 19.5. The summed E-state index contributed by atoms with van der Waals surface area (Å²) in [5.74, 6) is 3.68. The molecule has 1 saturated heterocycles. The Labute approximate surface area is 165 Å². The summed E-state index contributed by atoms with van der Waals surface area (Å²) in [5, 5.41) is 4.64. The van der Waals surface area contributed by atoms with Gasteiger partial charge in [-0.25, -0.2) is 0 Å². The third kappa shape index (κ3) is 7.04. The van der Waals surface area contributed by atoms with Crippen molar-refractivity contribution in [1.82, 2.24) is 5.32 Å². The van der Waals surface area contributed by atoms with Crippen LogP contribution in [-0.2, 0) is 0 Å². The Morgan fingerprint density at radius 2 is 2.07 bits per heavy atom. The highest BCUT2D eigenvalue weighted by Gasteiger charge is 2.18. The first-order valence-electron chi connectivity index (χ1n) is 9.63. The van der Waals surface area contributed by atoms with Crippen molar-refractivity contribution in [3.63, 3.8) is 0 Å². The van der Waals surface area contributed by atoms with Crippen LogP contribution in [0, 0.1) is 11.8 Å². The van der Waals surface area contributed by atoms with Gasteiger partial charge >= 0.3 is 0 Å². The van der Waals surface area contributed by atoms with Crippen LogP contribution >= 0.6 is 9.24 Å². The fraction of sp³-hybridized carbons (Fsp3) is 0.455. The molecule has 3 rings (SSSR count). The lowest BCUT2D eigenvalue weighted by Gasteiger charge is -2.26. The number of hydrogen-bond donors (Lipinski definition) is 1. The second-order valence-corrected chi connectivity index (χ2v) is 7.16. The van der Waals surface area contributed by atoms with Crippen LogP contribution < -0.4 is 19.5 Å². The van der Waals surface area contributed by atoms with E-state index in [4.69, 9.17) is 14.2 Å². The minimum atomic E-state index is 0.310. The second kappa shape index (κ2) is 11.8. The number of nitrogens with one attached hydrogen (secondary N) is 1. The molecule has 2 aliphatic heterocycles. The summed E-state index contributed by atoms with van der Waals surface area (Å²) < 4.78 is 15.6. The van der Waals surface area contributed by atoms with Gasteiger partial charge in [-0.15, -0.1) is 15.8 Å². The molecule has 0 radical (unpaired) electrons. The lowest BCUT2D eigenvalue weighted by atomic mass is 9.84. The number of allylic oxidation sites excluding steroid dienone is 5. The van der Waals surface area contributed by atoms with Crippen LogP contribution in [0.5, 0.6) is 17.2 Å². The van der Waals surface area contributed by atoms with Crippen molar-refractivity contribution in [3.8, 4) is 17.2 Å². The highest BCUT2D eigenvalue weighted by Crippen LogP contribution is 2.34. The van der Waals surface area contributed by atoms with Crippen LogP contribution in [0.3, 0.4) is 0 Å². The first-order valence-corrected chi connectivity index (χ1v) is 10.2. The third-order valence-corrected chi connectivity index (χ3v) is 5.23. The molecular formula is C22H32NO3P. The minimum absolute atomic E-state index is 0.310. The summed E-state index contributed by atoms with van der Waals surface area (Å²) in [6, 6.07) is 5.57. The molecule has 5 heteroatoms. The van der Waals surface area contributed by atoms with Gasteiger partial charge in [-0.2, -0.15) is 0 Å². The fourth-order valence-corrected chi connectivity index (χ4v) is 3.22. The lowest BCUT2D eigenvalue weighted by molar-refractivity contribution is 0.174. The summed E-state index contributed by atoms with van der Waals surface area (Å²) in [4.78, 5) is 0. The SMILES string of the molecule is C=CC(/C=C\C(P)=C/C)C1CCNCC1.CCOc1ccc2c(c1)OCO2. The zero-order valence-corrected chi connectivity index (χ0v) is 17.6. The van der Waals surface area contributed by atoms with Crippen LogP contribution in [0.25, 0.3) is 0 Å². The molecule has 2 atom stereocenters. The summed E-state index contributed by atoms with van der Waals surface area (Å²) >= 11 is 0. The monoisotopic (exact) mass is 389 g/mol. The van der Waals surface area contributed by atoms with E-state index in [0.29, 0.717) is 19.3 Å². The Morgan fingerprint density at radius 3 is 2.74 bits per heavy atom. The highest BCUT2D eigenvalue weighted by molar-refractivity contribution is 7.22. The van der Waals surface area contributed by atoms with Crippen molar-refractivity contribution in [2.24, 2.45) is 11.8 Å². The molecule has 148 valence electrons. The van der Waals surface area contributed by atoms with E-state index in [2.05, 4.69) is 52.4 Å². The Bertz CT molecular complexity index is 651. The molecular weight excluding hydrogens is 357 g/mol. The van der Waals surface area contributed by atoms with Crippen LogP contribution in [0.1, 0.15) is 26.7 Å². The average Bonchev–Trinajstić information content (AvgIpc) is 3.18. The van der Waals surface area contributed by atoms with Crippen molar-refractivity contribution in [2.45, 2.75) is 26.7 Å². The number of benzene rings is 1. The van der Waals surface area contributed by atoms with E-state index in [0.717, 1.165) is 36.3 Å². The van der Waals surface area contributed by atoms with Gasteiger partial charge < -0.3 is 19.5 Å². The molecule has 0 spiro atoms. The Hall–Kier alpha value is -1.77. The van der Waals surface area contributed by atoms with Gasteiger partial charge in [0.2, 0.25) is 6.79 Å². The Balaban J connectivity index is 0.000000198. The van der Waals surface area contributed by atoms with Crippen LogP contribution in [0.15, 0.2) is 54.4 Å². The van der Waals surface area contributed by atoms with Crippen molar-refractivity contribution in [3.05, 3.63) is 54.4 Å². The highest BCUT2D eigenvalue weighted by atomic mass is 31.0. The molecule has 0 aliphatic carbocycles. The maximum absolute atomic E-state index is 5.30. The Morgan fingerprint density at radius 1 is 1.33 bits per heavy atom. The van der Waals surface area contributed by atoms with Crippen molar-refractivity contribution < 1.29 is 14.2 Å². The number of fused-ring (bicyclic) bond motifs is 1. The fourth-order valence-electron chi connectivity index (χ4n) is 3.11. The standard InChI is InChI=1S/C13H22NP.C9H10O3/c1-3-11(5-6-13(15)4-2)12-7-9-14-10-8-12;1-2-10-7-3-4-8-9(5-7)12-6-11-8/h3-6,11-12,14H,1,7-10,15H2,2H3;3-5H,2,6H2,1H3/b6-5-,13-4+;. The predicted octanol–water partition coefficient (Wildman–Crippen LogP) is 4.94. The number of piperidine rings is 1. The molecule has 1 aromatic rings. The summed E-state index contributed by atoms with van der Waals surface area (Å²) in [7, 11) is 2.74. The average molecular weight is 389 g/mol. The molecule has 2 unspecified atom stereocenters. The number of rotatable bonds is 6. The van der Waals surface area contributed by atoms with Gasteiger partial charge in [0.15, 0.2) is 11.5 Å². The van der Waals surface area contributed by atoms with E-state index in [-0.39, 0.29) is 0 Å². The van der Waals surface area contributed by atoms with Crippen molar-refractivity contribution >= 4 is 9.24 Å². The molecule has 0 saturated carbocycles. The van der Waals surface area contributed by atoms with Gasteiger partial charge in [-0.05, 0) is 69.1 Å². The van der Waals surface area contributed by atoms with E-state index >= 15 is 0 Å². The van der Waals surface area contributed by atoms with Gasteiger partial charge in [0.25, 0.3) is 0 Å². The smallest absolute Gasteiger partial charge is 0.231 e. The topological polar surface area (TPSA) is 39.7 Å². The molecule has 0 aromatic heterocycles. The molecule has 27 heavy (non-hydrogen) atoms. The van der Waals surface area contributed by atoms with E-state index in [1.165, 1.54) is 18.2 Å². The van der Waals surface area contributed by atoms with E-state index in [9.17, 15) is 0 Å². The van der Waals surface area contributed by atoms with E-state index < -0.39 is 0 Å². The van der Waals surface area contributed by atoms with Gasteiger partial charge in [0.05, 0.1) is 6.61 Å². The molecule has 2 heterocycles. The molecule has 0 bridgehead atoms. The van der Waals surface area contributed by atoms with Crippen LogP contribution in [-0.4, -0.2) is 26.5 Å². The van der Waals surface area contributed by atoms with Crippen molar-refractivity contribution in [1.29, 1.82) is 0 Å². The number of ether oxygens (including phenoxy) is 3. The van der Waals surface area contributed by atoms with Crippen LogP contribution in [0.4, 0.5) is 0 Å². The summed E-state index contributed by atoms with van der Waals surface area (Å²) in [5.41, 5.74) is 0. The quantitative estimate of drug-likeness (QED) is 0.425. The minimum Gasteiger partial charge on any atom is -0.494 e. The van der Waals surface area contributed by atoms with Gasteiger partial charge in [-0.1, -0.05) is 24.3 Å². The maximum Gasteiger partial charge on any atom is 0.231 e. The largest absolute Gasteiger partial charge is 0.494 e. The first-order chi connectivity index (χ1) is 13.2. The van der Waals surface area contributed by atoms with Crippen LogP contribution in [0.2, 0.25) is 0 Å². The summed E-state index contributed by atoms with van der Waals surface area (Å²) in [6.07, 6.45) is 11.2. The van der Waals surface area contributed by atoms with E-state index in [1.54, 1.807) is 0 Å². The maximum atomic E-state index is 5.30. The third-order valence-electron chi connectivity index (χ3n) is 4.70. The first kappa shape index (κ1) is 21.5. The van der Waals surface area contributed by atoms with Gasteiger partial charge in [0.1, 0.15) is 5.75 Å². The molecule has 1 aromatic carbocycles. The zero-order valence-electron chi connectivity index (χ0n) is 16.4. The molecule has 4 nitrogen and oxygen atoms in total. The molecule has 0 amide bonds. The summed E-state index contributed by atoms with van der Waals surface area (Å²) in [6.45, 7) is 11.2. The van der Waals surface area contributed by atoms with E-state index in [1.807, 2.05) is 25.1 Å². The molecule has 2 aliphatic rings.